The van der Waals surface area contributed by atoms with Crippen LogP contribution in [0.5, 0.6) is 0 Å². The zero-order valence-electron chi connectivity index (χ0n) is 16.9. The summed E-state index contributed by atoms with van der Waals surface area (Å²) in [7, 11) is 0. The van der Waals surface area contributed by atoms with Crippen LogP contribution in [0.4, 0.5) is 5.69 Å². The van der Waals surface area contributed by atoms with Crippen LogP contribution in [0, 0.1) is 0 Å². The first kappa shape index (κ1) is 21.6. The highest BCUT2D eigenvalue weighted by Gasteiger charge is 2.12. The van der Waals surface area contributed by atoms with Crippen LogP contribution in [0.25, 0.3) is 10.9 Å². The van der Waals surface area contributed by atoms with Gasteiger partial charge in [-0.25, -0.2) is 0 Å². The van der Waals surface area contributed by atoms with Crippen molar-refractivity contribution in [1.82, 2.24) is 10.3 Å². The number of rotatable bonds is 9. The molecular formula is C23H25N3O3S. The largest absolute Gasteiger partial charge is 0.361 e. The number of hydrogen-bond donors (Lipinski definition) is 3. The second kappa shape index (κ2) is 10.6. The summed E-state index contributed by atoms with van der Waals surface area (Å²) in [4.78, 5) is 39.3. The monoisotopic (exact) mass is 423 g/mol. The Balaban J connectivity index is 1.37. The van der Waals surface area contributed by atoms with Gasteiger partial charge in [0.05, 0.1) is 12.3 Å². The van der Waals surface area contributed by atoms with Gasteiger partial charge in [-0.05, 0) is 36.1 Å². The second-order valence-corrected chi connectivity index (χ2v) is 7.89. The lowest BCUT2D eigenvalue weighted by molar-refractivity contribution is -0.122. The van der Waals surface area contributed by atoms with Gasteiger partial charge >= 0.3 is 0 Å². The third kappa shape index (κ3) is 5.97. The molecule has 156 valence electrons. The van der Waals surface area contributed by atoms with Crippen LogP contribution in [-0.2, 0) is 27.2 Å². The number of H-pyrrole nitrogens is 1. The quantitative estimate of drug-likeness (QED) is 0.490. The molecule has 7 heteroatoms. The third-order valence-electron chi connectivity index (χ3n) is 4.76. The SMILES string of the molecule is CCc1ccccc1NC(=O)CSC(=O)CNC(=O)CCc1c[nH]c2ccccc12. The van der Waals surface area contributed by atoms with E-state index >= 15 is 0 Å². The zero-order valence-corrected chi connectivity index (χ0v) is 17.7. The van der Waals surface area contributed by atoms with Crippen molar-refractivity contribution in [1.29, 1.82) is 0 Å². The Hall–Kier alpha value is -3.06. The molecule has 0 radical (unpaired) electrons. The molecule has 0 aliphatic carbocycles. The standard InChI is InChI=1S/C23H25N3O3S/c1-2-16-7-3-5-9-19(16)26-22(28)15-30-23(29)14-25-21(27)12-11-17-13-24-20-10-6-4-8-18(17)20/h3-10,13,24H,2,11-12,14-15H2,1H3,(H,25,27)(H,26,28). The molecule has 0 atom stereocenters. The summed E-state index contributed by atoms with van der Waals surface area (Å²) in [6.07, 6.45) is 3.62. The zero-order chi connectivity index (χ0) is 21.3. The van der Waals surface area contributed by atoms with E-state index < -0.39 is 0 Å². The van der Waals surface area contributed by atoms with Crippen LogP contribution in [0.2, 0.25) is 0 Å². The summed E-state index contributed by atoms with van der Waals surface area (Å²) in [6.45, 7) is 1.93. The van der Waals surface area contributed by atoms with Gasteiger partial charge < -0.3 is 15.6 Å². The fourth-order valence-electron chi connectivity index (χ4n) is 3.18. The van der Waals surface area contributed by atoms with E-state index in [4.69, 9.17) is 0 Å². The highest BCUT2D eigenvalue weighted by molar-refractivity contribution is 8.14. The van der Waals surface area contributed by atoms with Crippen LogP contribution in [-0.4, -0.2) is 34.2 Å². The fourth-order valence-corrected chi connectivity index (χ4v) is 3.72. The maximum Gasteiger partial charge on any atom is 0.234 e. The lowest BCUT2D eigenvalue weighted by atomic mass is 10.1. The van der Waals surface area contributed by atoms with Crippen molar-refractivity contribution in [2.45, 2.75) is 26.2 Å². The Labute approximate surface area is 179 Å². The first-order valence-electron chi connectivity index (χ1n) is 9.92. The minimum absolute atomic E-state index is 0.0160. The topological polar surface area (TPSA) is 91.1 Å². The van der Waals surface area contributed by atoms with E-state index in [0.717, 1.165) is 45.9 Å². The second-order valence-electron chi connectivity index (χ2n) is 6.86. The number of hydrogen-bond acceptors (Lipinski definition) is 4. The number of carbonyl (C=O) groups excluding carboxylic acids is 3. The van der Waals surface area contributed by atoms with E-state index in [0.29, 0.717) is 12.8 Å². The Bertz CT molecular complexity index is 1040. The third-order valence-corrected chi connectivity index (χ3v) is 5.64. The van der Waals surface area contributed by atoms with E-state index in [1.807, 2.05) is 61.7 Å². The average molecular weight is 424 g/mol. The number of anilines is 1. The molecule has 0 spiro atoms. The fraction of sp³-hybridized carbons (Fsp3) is 0.261. The molecule has 1 heterocycles. The molecule has 0 saturated heterocycles. The van der Waals surface area contributed by atoms with Gasteiger partial charge in [0.1, 0.15) is 0 Å². The van der Waals surface area contributed by atoms with Gasteiger partial charge in [-0.3, -0.25) is 14.4 Å². The molecule has 0 saturated carbocycles. The smallest absolute Gasteiger partial charge is 0.234 e. The number of fused-ring (bicyclic) bond motifs is 1. The number of carbonyl (C=O) groups is 3. The molecule has 1 aromatic heterocycles. The van der Waals surface area contributed by atoms with Gasteiger partial charge in [-0.2, -0.15) is 0 Å². The van der Waals surface area contributed by atoms with Crippen LogP contribution in [0.3, 0.4) is 0 Å². The molecule has 3 aromatic rings. The van der Waals surface area contributed by atoms with Crippen LogP contribution in [0.1, 0.15) is 24.5 Å². The Morgan fingerprint density at radius 1 is 0.967 bits per heavy atom. The summed E-state index contributed by atoms with van der Waals surface area (Å²) in [6, 6.07) is 15.5. The maximum atomic E-state index is 12.1. The van der Waals surface area contributed by atoms with E-state index in [1.165, 1.54) is 0 Å². The highest BCUT2D eigenvalue weighted by atomic mass is 32.2. The Morgan fingerprint density at radius 2 is 1.73 bits per heavy atom. The van der Waals surface area contributed by atoms with Crippen molar-refractivity contribution in [3.05, 3.63) is 65.9 Å². The lowest BCUT2D eigenvalue weighted by Gasteiger charge is -2.09. The van der Waals surface area contributed by atoms with Gasteiger partial charge in [0, 0.05) is 29.2 Å². The summed E-state index contributed by atoms with van der Waals surface area (Å²) in [5.74, 6) is -0.405. The molecule has 0 unspecified atom stereocenters. The maximum absolute atomic E-state index is 12.1. The lowest BCUT2D eigenvalue weighted by Crippen LogP contribution is -2.29. The molecule has 0 aliphatic heterocycles. The molecule has 3 N–H and O–H groups in total. The van der Waals surface area contributed by atoms with E-state index in [-0.39, 0.29) is 29.2 Å². The van der Waals surface area contributed by atoms with Gasteiger partial charge in [0.15, 0.2) is 0 Å². The molecular weight excluding hydrogens is 398 g/mol. The van der Waals surface area contributed by atoms with Crippen molar-refractivity contribution in [3.63, 3.8) is 0 Å². The number of aromatic nitrogens is 1. The average Bonchev–Trinajstić information content (AvgIpc) is 3.18. The molecule has 6 nitrogen and oxygen atoms in total. The number of thioether (sulfide) groups is 1. The summed E-state index contributed by atoms with van der Waals surface area (Å²) in [5, 5.41) is 6.33. The minimum atomic E-state index is -0.241. The normalized spacial score (nSPS) is 10.7. The van der Waals surface area contributed by atoms with Gasteiger partial charge in [0.2, 0.25) is 16.9 Å². The number of amides is 2. The molecule has 2 aromatic carbocycles. The summed E-state index contributed by atoms with van der Waals surface area (Å²) >= 11 is 0.906. The highest BCUT2D eigenvalue weighted by Crippen LogP contribution is 2.19. The van der Waals surface area contributed by atoms with E-state index in [1.54, 1.807) is 0 Å². The van der Waals surface area contributed by atoms with E-state index in [9.17, 15) is 14.4 Å². The molecule has 2 amide bonds. The number of benzene rings is 2. The van der Waals surface area contributed by atoms with Crippen LogP contribution < -0.4 is 10.6 Å². The first-order chi connectivity index (χ1) is 14.6. The number of aromatic amines is 1. The first-order valence-corrected chi connectivity index (χ1v) is 10.9. The number of aryl methyl sites for hydroxylation is 2. The summed E-state index contributed by atoms with van der Waals surface area (Å²) < 4.78 is 0. The van der Waals surface area contributed by atoms with Crippen molar-refractivity contribution < 1.29 is 14.4 Å². The number of nitrogens with one attached hydrogen (secondary N) is 3. The number of para-hydroxylation sites is 2. The Morgan fingerprint density at radius 3 is 2.57 bits per heavy atom. The predicted molar refractivity (Wildman–Crippen MR) is 122 cm³/mol. The summed E-state index contributed by atoms with van der Waals surface area (Å²) in [5.41, 5.74) is 3.93. The molecule has 30 heavy (non-hydrogen) atoms. The molecule has 0 aliphatic rings. The van der Waals surface area contributed by atoms with Crippen molar-refractivity contribution in [3.8, 4) is 0 Å². The van der Waals surface area contributed by atoms with Crippen LogP contribution >= 0.6 is 11.8 Å². The van der Waals surface area contributed by atoms with Crippen molar-refractivity contribution in [2.75, 3.05) is 17.6 Å². The predicted octanol–water partition coefficient (Wildman–Crippen LogP) is 3.68. The molecule has 0 bridgehead atoms. The van der Waals surface area contributed by atoms with Crippen LogP contribution in [0.15, 0.2) is 54.7 Å². The van der Waals surface area contributed by atoms with E-state index in [2.05, 4.69) is 15.6 Å². The van der Waals surface area contributed by atoms with Gasteiger partial charge in [0.25, 0.3) is 0 Å². The molecule has 0 fully saturated rings. The van der Waals surface area contributed by atoms with Crippen molar-refractivity contribution in [2.24, 2.45) is 0 Å². The Kier molecular flexibility index (Phi) is 7.68. The minimum Gasteiger partial charge on any atom is -0.361 e. The molecule has 3 rings (SSSR count). The van der Waals surface area contributed by atoms with Crippen molar-refractivity contribution >= 4 is 45.3 Å². The van der Waals surface area contributed by atoms with Gasteiger partial charge in [-0.1, -0.05) is 55.1 Å². The van der Waals surface area contributed by atoms with Gasteiger partial charge in [-0.15, -0.1) is 0 Å².